The minimum atomic E-state index is 0.122. The van der Waals surface area contributed by atoms with Crippen molar-refractivity contribution in [2.45, 2.75) is 37.4 Å². The predicted molar refractivity (Wildman–Crippen MR) is 61.2 cm³/mol. The summed E-state index contributed by atoms with van der Waals surface area (Å²) in [7, 11) is 0. The summed E-state index contributed by atoms with van der Waals surface area (Å²) in [6, 6.07) is 0. The Morgan fingerprint density at radius 3 is 2.86 bits per heavy atom. The van der Waals surface area contributed by atoms with Crippen LogP contribution in [0.2, 0.25) is 0 Å². The fourth-order valence-corrected chi connectivity index (χ4v) is 2.73. The molecule has 0 aromatic rings. The Labute approximate surface area is 90.2 Å². The van der Waals surface area contributed by atoms with Gasteiger partial charge in [0.05, 0.1) is 5.75 Å². The highest BCUT2D eigenvalue weighted by atomic mass is 32.2. The molecule has 14 heavy (non-hydrogen) atoms. The van der Waals surface area contributed by atoms with E-state index >= 15 is 0 Å². The first-order valence-electron chi connectivity index (χ1n) is 5.14. The van der Waals surface area contributed by atoms with E-state index in [0.29, 0.717) is 24.0 Å². The Bertz CT molecular complexity index is 216. The van der Waals surface area contributed by atoms with Crippen molar-refractivity contribution >= 4 is 17.7 Å². The molecule has 0 saturated heterocycles. The smallest absolute Gasteiger partial charge is 0.230 e. The molecule has 0 aromatic heterocycles. The molecule has 0 unspecified atom stereocenters. The summed E-state index contributed by atoms with van der Waals surface area (Å²) >= 11 is 1.79. The highest BCUT2D eigenvalue weighted by Gasteiger charge is 2.16. The van der Waals surface area contributed by atoms with E-state index in [1.54, 1.807) is 11.8 Å². The number of carbonyl (C=O) groups is 1. The maximum absolute atomic E-state index is 11.3. The van der Waals surface area contributed by atoms with Crippen molar-refractivity contribution < 1.29 is 4.79 Å². The maximum Gasteiger partial charge on any atom is 0.230 e. The average molecular weight is 211 g/mol. The minimum absolute atomic E-state index is 0.122. The van der Waals surface area contributed by atoms with Crippen LogP contribution in [0, 0.1) is 12.3 Å². The fourth-order valence-electron chi connectivity index (χ4n) is 1.57. The number of thioether (sulfide) groups is 1. The lowest BCUT2D eigenvalue weighted by atomic mass is 10.4. The van der Waals surface area contributed by atoms with Gasteiger partial charge in [0.25, 0.3) is 0 Å². The zero-order valence-corrected chi connectivity index (χ0v) is 9.24. The van der Waals surface area contributed by atoms with Gasteiger partial charge in [0.15, 0.2) is 0 Å². The number of carbonyl (C=O) groups excluding carboxylic acids is 1. The molecular weight excluding hydrogens is 194 g/mol. The molecule has 1 rings (SSSR count). The van der Waals surface area contributed by atoms with Crippen LogP contribution in [0.15, 0.2) is 0 Å². The lowest BCUT2D eigenvalue weighted by molar-refractivity contribution is -0.118. The monoisotopic (exact) mass is 211 g/mol. The molecule has 1 amide bonds. The molecule has 0 heterocycles. The quantitative estimate of drug-likeness (QED) is 0.555. The molecule has 0 spiro atoms. The molecule has 0 radical (unpaired) electrons. The third-order valence-corrected chi connectivity index (χ3v) is 3.72. The van der Waals surface area contributed by atoms with Crippen LogP contribution in [-0.4, -0.2) is 23.5 Å². The lowest BCUT2D eigenvalue weighted by Gasteiger charge is -2.08. The molecule has 78 valence electrons. The van der Waals surface area contributed by atoms with E-state index in [-0.39, 0.29) is 5.91 Å². The van der Waals surface area contributed by atoms with E-state index < -0.39 is 0 Å². The number of amides is 1. The van der Waals surface area contributed by atoms with Crippen molar-refractivity contribution in [2.24, 2.45) is 0 Å². The van der Waals surface area contributed by atoms with Crippen LogP contribution in [0.25, 0.3) is 0 Å². The minimum Gasteiger partial charge on any atom is -0.354 e. The van der Waals surface area contributed by atoms with Gasteiger partial charge in [-0.15, -0.1) is 24.1 Å². The van der Waals surface area contributed by atoms with Gasteiger partial charge in [-0.2, -0.15) is 0 Å². The zero-order valence-electron chi connectivity index (χ0n) is 8.42. The first-order chi connectivity index (χ1) is 6.83. The van der Waals surface area contributed by atoms with Gasteiger partial charge in [0.2, 0.25) is 5.91 Å². The maximum atomic E-state index is 11.3. The molecule has 2 nitrogen and oxygen atoms in total. The Balaban J connectivity index is 2.00. The van der Waals surface area contributed by atoms with E-state index in [1.165, 1.54) is 25.7 Å². The van der Waals surface area contributed by atoms with Crippen molar-refractivity contribution in [1.29, 1.82) is 0 Å². The summed E-state index contributed by atoms with van der Waals surface area (Å²) in [6.45, 7) is 0.612. The van der Waals surface area contributed by atoms with E-state index in [4.69, 9.17) is 6.42 Å². The van der Waals surface area contributed by atoms with Crippen molar-refractivity contribution in [2.75, 3.05) is 12.3 Å². The molecule has 1 N–H and O–H groups in total. The van der Waals surface area contributed by atoms with Crippen molar-refractivity contribution in [3.05, 3.63) is 0 Å². The number of rotatable bonds is 5. The highest BCUT2D eigenvalue weighted by Crippen LogP contribution is 2.28. The second-order valence-electron chi connectivity index (χ2n) is 3.52. The Morgan fingerprint density at radius 1 is 1.50 bits per heavy atom. The Morgan fingerprint density at radius 2 is 2.21 bits per heavy atom. The third-order valence-electron chi connectivity index (χ3n) is 2.34. The van der Waals surface area contributed by atoms with E-state index in [0.717, 1.165) is 0 Å². The summed E-state index contributed by atoms with van der Waals surface area (Å²) in [6.07, 6.45) is 10.9. The molecule has 0 aromatic carbocycles. The molecular formula is C11H17NOS. The van der Waals surface area contributed by atoms with Crippen LogP contribution >= 0.6 is 11.8 Å². The molecule has 1 aliphatic rings. The van der Waals surface area contributed by atoms with Crippen LogP contribution in [0.4, 0.5) is 0 Å². The first-order valence-corrected chi connectivity index (χ1v) is 6.19. The lowest BCUT2D eigenvalue weighted by Crippen LogP contribution is -2.26. The van der Waals surface area contributed by atoms with Crippen LogP contribution in [0.3, 0.4) is 0 Å². The largest absolute Gasteiger partial charge is 0.354 e. The molecule has 0 aliphatic heterocycles. The standard InChI is InChI=1S/C11H17NOS/c1-2-3-8-12-11(13)9-14-10-6-4-5-7-10/h1,10H,3-9H2,(H,12,13). The van der Waals surface area contributed by atoms with Crippen LogP contribution < -0.4 is 5.32 Å². The second-order valence-corrected chi connectivity index (χ2v) is 4.81. The van der Waals surface area contributed by atoms with Crippen molar-refractivity contribution in [3.63, 3.8) is 0 Å². The van der Waals surface area contributed by atoms with Crippen molar-refractivity contribution in [1.82, 2.24) is 5.32 Å². The summed E-state index contributed by atoms with van der Waals surface area (Å²) in [4.78, 5) is 11.3. The van der Waals surface area contributed by atoms with Crippen LogP contribution in [0.5, 0.6) is 0 Å². The van der Waals surface area contributed by atoms with Gasteiger partial charge in [0, 0.05) is 18.2 Å². The first kappa shape index (κ1) is 11.5. The van der Waals surface area contributed by atoms with Crippen molar-refractivity contribution in [3.8, 4) is 12.3 Å². The summed E-state index contributed by atoms with van der Waals surface area (Å²) in [5.41, 5.74) is 0. The average Bonchev–Trinajstić information content (AvgIpc) is 2.68. The number of terminal acetylenes is 1. The number of nitrogens with one attached hydrogen (secondary N) is 1. The Hall–Kier alpha value is -0.620. The zero-order chi connectivity index (χ0) is 10.2. The topological polar surface area (TPSA) is 29.1 Å². The van der Waals surface area contributed by atoms with Gasteiger partial charge in [0.1, 0.15) is 0 Å². The van der Waals surface area contributed by atoms with Gasteiger partial charge in [-0.25, -0.2) is 0 Å². The van der Waals surface area contributed by atoms with E-state index in [9.17, 15) is 4.79 Å². The van der Waals surface area contributed by atoms with Gasteiger partial charge >= 0.3 is 0 Å². The second kappa shape index (κ2) is 6.78. The Kier molecular flexibility index (Phi) is 5.55. The summed E-state index contributed by atoms with van der Waals surface area (Å²) < 4.78 is 0. The molecule has 1 aliphatic carbocycles. The van der Waals surface area contributed by atoms with E-state index in [2.05, 4.69) is 11.2 Å². The summed E-state index contributed by atoms with van der Waals surface area (Å²) in [5, 5.41) is 3.52. The fraction of sp³-hybridized carbons (Fsp3) is 0.727. The van der Waals surface area contributed by atoms with Gasteiger partial charge in [-0.05, 0) is 12.8 Å². The van der Waals surface area contributed by atoms with Crippen LogP contribution in [-0.2, 0) is 4.79 Å². The van der Waals surface area contributed by atoms with E-state index in [1.807, 2.05) is 0 Å². The highest BCUT2D eigenvalue weighted by molar-refractivity contribution is 8.00. The summed E-state index contributed by atoms with van der Waals surface area (Å²) in [5.74, 6) is 3.21. The van der Waals surface area contributed by atoms with Crippen LogP contribution in [0.1, 0.15) is 32.1 Å². The molecule has 1 fully saturated rings. The SMILES string of the molecule is C#CCCNC(=O)CSC1CCCC1. The molecule has 1 saturated carbocycles. The molecule has 0 bridgehead atoms. The number of hydrogen-bond acceptors (Lipinski definition) is 2. The number of hydrogen-bond donors (Lipinski definition) is 1. The van der Waals surface area contributed by atoms with Gasteiger partial charge in [-0.1, -0.05) is 12.8 Å². The van der Waals surface area contributed by atoms with Gasteiger partial charge < -0.3 is 5.32 Å². The van der Waals surface area contributed by atoms with Gasteiger partial charge in [-0.3, -0.25) is 4.79 Å². The third kappa shape index (κ3) is 4.57. The molecule has 3 heteroatoms. The normalized spacial score (nSPS) is 16.5. The molecule has 0 atom stereocenters. The predicted octanol–water partition coefficient (Wildman–Crippen LogP) is 1.80.